The summed E-state index contributed by atoms with van der Waals surface area (Å²) >= 11 is 6.18. The fourth-order valence-corrected chi connectivity index (χ4v) is 3.29. The van der Waals surface area contributed by atoms with Gasteiger partial charge in [-0.1, -0.05) is 23.7 Å². The lowest BCUT2D eigenvalue weighted by atomic mass is 9.99. The Morgan fingerprint density at radius 3 is 2.63 bits per heavy atom. The molecule has 2 N–H and O–H groups in total. The van der Waals surface area contributed by atoms with Gasteiger partial charge in [0.1, 0.15) is 24.0 Å². The quantitative estimate of drug-likeness (QED) is 0.752. The van der Waals surface area contributed by atoms with E-state index in [1.165, 1.54) is 11.0 Å². The van der Waals surface area contributed by atoms with Crippen molar-refractivity contribution < 1.29 is 18.7 Å². The first-order valence-electron chi connectivity index (χ1n) is 9.45. The third kappa shape index (κ3) is 4.86. The highest BCUT2D eigenvalue weighted by Gasteiger charge is 2.31. The molecule has 1 heterocycles. The molecule has 30 heavy (non-hydrogen) atoms. The molecule has 0 saturated heterocycles. The highest BCUT2D eigenvalue weighted by Crippen LogP contribution is 2.30. The van der Waals surface area contributed by atoms with Crippen molar-refractivity contribution in [3.05, 3.63) is 64.4 Å². The van der Waals surface area contributed by atoms with E-state index in [1.807, 2.05) is 0 Å². The second-order valence-electron chi connectivity index (χ2n) is 7.95. The second kappa shape index (κ2) is 8.53. The third-order valence-corrected chi connectivity index (χ3v) is 4.63. The molecular weight excluding hydrogens is 409 g/mol. The number of aliphatic imine (C=N–C) groups is 1. The van der Waals surface area contributed by atoms with Crippen molar-refractivity contribution in [2.24, 2.45) is 10.7 Å². The summed E-state index contributed by atoms with van der Waals surface area (Å²) in [6, 6.07) is 9.98. The maximum atomic E-state index is 14.5. The average Bonchev–Trinajstić information content (AvgIpc) is 2.78. The number of hydrogen-bond acceptors (Lipinski definition) is 5. The molecule has 0 aliphatic carbocycles. The maximum Gasteiger partial charge on any atom is 0.325 e. The average molecular weight is 432 g/mol. The number of benzene rings is 2. The molecule has 1 aliphatic rings. The van der Waals surface area contributed by atoms with Crippen LogP contribution in [0.15, 0.2) is 47.5 Å². The minimum absolute atomic E-state index is 0.109. The fourth-order valence-electron chi connectivity index (χ4n) is 3.12. The van der Waals surface area contributed by atoms with E-state index in [0.717, 1.165) is 0 Å². The SMILES string of the molecule is CC(C)(C)OC(=O)C(N)CN1C(=O)CN=C(c2ccccc2F)c2cc(Cl)ccc21. The van der Waals surface area contributed by atoms with Crippen LogP contribution in [-0.4, -0.2) is 42.3 Å². The molecule has 158 valence electrons. The molecule has 2 aromatic rings. The number of nitrogens with zero attached hydrogens (tertiary/aromatic N) is 2. The number of rotatable bonds is 4. The largest absolute Gasteiger partial charge is 0.459 e. The van der Waals surface area contributed by atoms with Gasteiger partial charge in [-0.25, -0.2) is 4.39 Å². The van der Waals surface area contributed by atoms with Gasteiger partial charge in [-0.2, -0.15) is 0 Å². The minimum Gasteiger partial charge on any atom is -0.459 e. The van der Waals surface area contributed by atoms with Gasteiger partial charge >= 0.3 is 5.97 Å². The van der Waals surface area contributed by atoms with Gasteiger partial charge in [-0.15, -0.1) is 0 Å². The molecule has 1 amide bonds. The van der Waals surface area contributed by atoms with Crippen molar-refractivity contribution in [1.29, 1.82) is 0 Å². The number of hydrogen-bond donors (Lipinski definition) is 1. The molecule has 8 heteroatoms. The smallest absolute Gasteiger partial charge is 0.325 e. The number of carbonyl (C=O) groups excluding carboxylic acids is 2. The van der Waals surface area contributed by atoms with E-state index < -0.39 is 23.4 Å². The van der Waals surface area contributed by atoms with E-state index in [2.05, 4.69) is 4.99 Å². The number of ether oxygens (including phenoxy) is 1. The Labute approximate surface area is 179 Å². The van der Waals surface area contributed by atoms with Crippen LogP contribution in [-0.2, 0) is 14.3 Å². The van der Waals surface area contributed by atoms with Gasteiger partial charge in [0, 0.05) is 16.1 Å². The van der Waals surface area contributed by atoms with E-state index in [0.29, 0.717) is 22.0 Å². The number of amides is 1. The molecule has 0 fully saturated rings. The molecule has 3 rings (SSSR count). The van der Waals surface area contributed by atoms with Gasteiger partial charge in [-0.05, 0) is 51.1 Å². The Bertz CT molecular complexity index is 1020. The van der Waals surface area contributed by atoms with Gasteiger partial charge < -0.3 is 15.4 Å². The van der Waals surface area contributed by atoms with Crippen molar-refractivity contribution in [3.63, 3.8) is 0 Å². The van der Waals surface area contributed by atoms with Crippen LogP contribution < -0.4 is 10.6 Å². The van der Waals surface area contributed by atoms with Crippen LogP contribution in [0.2, 0.25) is 5.02 Å². The molecule has 1 aliphatic heterocycles. The summed E-state index contributed by atoms with van der Waals surface area (Å²) in [5.41, 5.74) is 6.83. The van der Waals surface area contributed by atoms with Gasteiger partial charge in [-0.3, -0.25) is 14.6 Å². The van der Waals surface area contributed by atoms with E-state index >= 15 is 0 Å². The van der Waals surface area contributed by atoms with Crippen LogP contribution in [0.4, 0.5) is 10.1 Å². The molecule has 0 spiro atoms. The van der Waals surface area contributed by atoms with E-state index in [9.17, 15) is 14.0 Å². The molecule has 1 atom stereocenters. The summed E-state index contributed by atoms with van der Waals surface area (Å²) in [6.45, 7) is 4.88. The van der Waals surface area contributed by atoms with E-state index in [4.69, 9.17) is 22.1 Å². The van der Waals surface area contributed by atoms with Crippen molar-refractivity contribution in [3.8, 4) is 0 Å². The zero-order chi connectivity index (χ0) is 22.1. The van der Waals surface area contributed by atoms with Crippen molar-refractivity contribution in [1.82, 2.24) is 0 Å². The third-order valence-electron chi connectivity index (χ3n) is 4.40. The number of halogens is 2. The lowest BCUT2D eigenvalue weighted by Gasteiger charge is -2.27. The van der Waals surface area contributed by atoms with Gasteiger partial charge in [0.25, 0.3) is 0 Å². The first-order chi connectivity index (χ1) is 14.1. The zero-order valence-electron chi connectivity index (χ0n) is 17.0. The standard InChI is InChI=1S/C22H23ClFN3O3/c1-22(2,3)30-21(29)17(25)12-27-18-9-8-13(23)10-15(18)20(26-11-19(27)28)14-6-4-5-7-16(14)24/h4-10,17H,11-12,25H2,1-3H3. The van der Waals surface area contributed by atoms with E-state index in [1.54, 1.807) is 57.2 Å². The predicted octanol–water partition coefficient (Wildman–Crippen LogP) is 3.33. The lowest BCUT2D eigenvalue weighted by molar-refractivity contribution is -0.156. The number of benzodiazepines with no additional fused rings is 1. The summed E-state index contributed by atoms with van der Waals surface area (Å²) in [4.78, 5) is 30.9. The fraction of sp³-hybridized carbons (Fsp3) is 0.318. The molecule has 2 aromatic carbocycles. The Balaban J connectivity index is 2.01. The topological polar surface area (TPSA) is 85.0 Å². The summed E-state index contributed by atoms with van der Waals surface area (Å²) in [5.74, 6) is -1.46. The Kier molecular flexibility index (Phi) is 6.24. The van der Waals surface area contributed by atoms with Crippen LogP contribution in [0.5, 0.6) is 0 Å². The van der Waals surface area contributed by atoms with E-state index in [-0.39, 0.29) is 24.6 Å². The van der Waals surface area contributed by atoms with Gasteiger partial charge in [0.05, 0.1) is 17.9 Å². The molecular formula is C22H23ClFN3O3. The lowest BCUT2D eigenvalue weighted by Crippen LogP contribution is -2.48. The second-order valence-corrected chi connectivity index (χ2v) is 8.39. The molecule has 0 aromatic heterocycles. The number of nitrogens with two attached hydrogens (primary N) is 1. The Morgan fingerprint density at radius 1 is 1.27 bits per heavy atom. The van der Waals surface area contributed by atoms with Gasteiger partial charge in [0.2, 0.25) is 5.91 Å². The van der Waals surface area contributed by atoms with Crippen LogP contribution in [0.25, 0.3) is 0 Å². The number of esters is 1. The predicted molar refractivity (Wildman–Crippen MR) is 115 cm³/mol. The first-order valence-corrected chi connectivity index (χ1v) is 9.82. The van der Waals surface area contributed by atoms with Crippen molar-refractivity contribution >= 4 is 34.9 Å². The zero-order valence-corrected chi connectivity index (χ0v) is 17.7. The normalized spacial score (nSPS) is 15.2. The summed E-state index contributed by atoms with van der Waals surface area (Å²) in [7, 11) is 0. The monoisotopic (exact) mass is 431 g/mol. The highest BCUT2D eigenvalue weighted by atomic mass is 35.5. The van der Waals surface area contributed by atoms with Gasteiger partial charge in [0.15, 0.2) is 0 Å². The van der Waals surface area contributed by atoms with Crippen LogP contribution >= 0.6 is 11.6 Å². The Hall–Kier alpha value is -2.77. The number of carbonyl (C=O) groups is 2. The molecule has 1 unspecified atom stereocenters. The summed E-state index contributed by atoms with van der Waals surface area (Å²) < 4.78 is 19.8. The highest BCUT2D eigenvalue weighted by molar-refractivity contribution is 6.32. The first kappa shape index (κ1) is 21.9. The number of fused-ring (bicyclic) bond motifs is 1. The maximum absolute atomic E-state index is 14.5. The van der Waals surface area contributed by atoms with Crippen LogP contribution in [0.1, 0.15) is 31.9 Å². The van der Waals surface area contributed by atoms with Crippen LogP contribution in [0, 0.1) is 5.82 Å². The molecule has 0 radical (unpaired) electrons. The molecule has 6 nitrogen and oxygen atoms in total. The minimum atomic E-state index is -1.06. The van der Waals surface area contributed by atoms with Crippen LogP contribution in [0.3, 0.4) is 0 Å². The van der Waals surface area contributed by atoms with Crippen molar-refractivity contribution in [2.75, 3.05) is 18.0 Å². The summed E-state index contributed by atoms with van der Waals surface area (Å²) in [6.07, 6.45) is 0. The molecule has 0 bridgehead atoms. The number of anilines is 1. The summed E-state index contributed by atoms with van der Waals surface area (Å²) in [5, 5.41) is 0.406. The molecule has 0 saturated carbocycles. The van der Waals surface area contributed by atoms with Crippen molar-refractivity contribution in [2.45, 2.75) is 32.4 Å². The Morgan fingerprint density at radius 2 is 1.97 bits per heavy atom.